The lowest BCUT2D eigenvalue weighted by Crippen LogP contribution is -2.50. The SMILES string of the molecule is Cc1cc(Nc2cc3nc(-c4cnn(C5CCN(S(C)(=O)=O)CC5)c4)sc3cn2)nc(N2CCN(C)[C@@H](C)C2)n1. The van der Waals surface area contributed by atoms with Gasteiger partial charge in [-0.3, -0.25) is 4.68 Å². The largest absolute Gasteiger partial charge is 0.338 e. The highest BCUT2D eigenvalue weighted by atomic mass is 32.2. The van der Waals surface area contributed by atoms with Crippen molar-refractivity contribution in [1.82, 2.24) is 38.9 Å². The lowest BCUT2D eigenvalue weighted by Gasteiger charge is -2.37. The third-order valence-corrected chi connectivity index (χ3v) is 10.1. The maximum atomic E-state index is 11.8. The number of nitrogens with one attached hydrogen (secondary N) is 1. The molecule has 1 N–H and O–H groups in total. The van der Waals surface area contributed by atoms with Crippen molar-refractivity contribution in [1.29, 1.82) is 0 Å². The van der Waals surface area contributed by atoms with Gasteiger partial charge in [-0.25, -0.2) is 27.7 Å². The molecule has 6 rings (SSSR count). The van der Waals surface area contributed by atoms with Crippen molar-refractivity contribution in [3.05, 3.63) is 36.4 Å². The first-order valence-corrected chi connectivity index (χ1v) is 16.1. The molecule has 2 aliphatic rings. The minimum absolute atomic E-state index is 0.175. The summed E-state index contributed by atoms with van der Waals surface area (Å²) in [7, 11) is -0.998. The first kappa shape index (κ1) is 27.0. The van der Waals surface area contributed by atoms with E-state index in [1.54, 1.807) is 11.3 Å². The van der Waals surface area contributed by atoms with Crippen LogP contribution in [0.25, 0.3) is 20.8 Å². The summed E-state index contributed by atoms with van der Waals surface area (Å²) >= 11 is 1.57. The molecule has 1 atom stereocenters. The van der Waals surface area contributed by atoms with Crippen molar-refractivity contribution in [2.75, 3.05) is 56.2 Å². The summed E-state index contributed by atoms with van der Waals surface area (Å²) in [5, 5.41) is 8.80. The number of sulfonamides is 1. The van der Waals surface area contributed by atoms with Crippen molar-refractivity contribution in [2.24, 2.45) is 0 Å². The summed E-state index contributed by atoms with van der Waals surface area (Å²) in [6.07, 6.45) is 8.42. The van der Waals surface area contributed by atoms with Gasteiger partial charge in [0.05, 0.1) is 28.7 Å². The van der Waals surface area contributed by atoms with Crippen LogP contribution in [-0.2, 0) is 10.0 Å². The number of pyridine rings is 1. The number of anilines is 3. The molecule has 6 heterocycles. The van der Waals surface area contributed by atoms with E-state index in [0.29, 0.717) is 30.8 Å². The molecular formula is C26H34N10O2S2. The van der Waals surface area contributed by atoms with Crippen LogP contribution in [0.2, 0.25) is 0 Å². The zero-order valence-electron chi connectivity index (χ0n) is 23.1. The second-order valence-electron chi connectivity index (χ2n) is 10.8. The molecule has 0 saturated carbocycles. The molecule has 0 spiro atoms. The Morgan fingerprint density at radius 2 is 1.82 bits per heavy atom. The standard InChI is InChI=1S/C26H34N10O2S2/c1-17-11-24(32-26(29-17)34-10-9-33(3)18(2)15-34)31-23-12-21-22(14-27-23)39-25(30-21)19-13-28-36(16-19)20-5-7-35(8-6-20)40(4,37)38/h11-14,16,18,20H,5-10,15H2,1-4H3,(H,27,29,31,32)/t18-/m0/s1. The van der Waals surface area contributed by atoms with Crippen molar-refractivity contribution >= 4 is 49.2 Å². The Morgan fingerprint density at radius 1 is 1.02 bits per heavy atom. The number of aromatic nitrogens is 6. The zero-order chi connectivity index (χ0) is 28.0. The quantitative estimate of drug-likeness (QED) is 0.362. The van der Waals surface area contributed by atoms with Crippen LogP contribution in [0.1, 0.15) is 31.5 Å². The molecule has 0 unspecified atom stereocenters. The number of fused-ring (bicyclic) bond motifs is 1. The monoisotopic (exact) mass is 582 g/mol. The molecule has 4 aromatic rings. The lowest BCUT2D eigenvalue weighted by molar-refractivity contribution is 0.233. The second kappa shape index (κ2) is 10.7. The van der Waals surface area contributed by atoms with E-state index in [0.717, 1.165) is 64.9 Å². The molecule has 2 aliphatic heterocycles. The van der Waals surface area contributed by atoms with E-state index in [2.05, 4.69) is 44.2 Å². The van der Waals surface area contributed by atoms with Gasteiger partial charge in [0.25, 0.3) is 0 Å². The van der Waals surface area contributed by atoms with Gasteiger partial charge in [0.2, 0.25) is 16.0 Å². The Kier molecular flexibility index (Phi) is 7.19. The smallest absolute Gasteiger partial charge is 0.227 e. The third-order valence-electron chi connectivity index (χ3n) is 7.73. The number of rotatable bonds is 6. The van der Waals surface area contributed by atoms with Gasteiger partial charge in [-0.1, -0.05) is 0 Å². The van der Waals surface area contributed by atoms with E-state index < -0.39 is 10.0 Å². The van der Waals surface area contributed by atoms with Crippen LogP contribution in [0.4, 0.5) is 17.6 Å². The molecule has 0 amide bonds. The van der Waals surface area contributed by atoms with Crippen molar-refractivity contribution < 1.29 is 8.42 Å². The van der Waals surface area contributed by atoms with Crippen LogP contribution in [0.15, 0.2) is 30.7 Å². The fraction of sp³-hybridized carbons (Fsp3) is 0.500. The van der Waals surface area contributed by atoms with E-state index in [9.17, 15) is 8.42 Å². The highest BCUT2D eigenvalue weighted by molar-refractivity contribution is 7.88. The maximum Gasteiger partial charge on any atom is 0.227 e. The summed E-state index contributed by atoms with van der Waals surface area (Å²) < 4.78 is 28.1. The Labute approximate surface area is 238 Å². The molecule has 0 radical (unpaired) electrons. The first-order valence-electron chi connectivity index (χ1n) is 13.5. The molecular weight excluding hydrogens is 548 g/mol. The van der Waals surface area contributed by atoms with E-state index >= 15 is 0 Å². The summed E-state index contributed by atoms with van der Waals surface area (Å²) in [6.45, 7) is 8.00. The van der Waals surface area contributed by atoms with Crippen LogP contribution < -0.4 is 10.2 Å². The van der Waals surface area contributed by atoms with Gasteiger partial charge in [0, 0.05) is 74.5 Å². The highest BCUT2D eigenvalue weighted by Gasteiger charge is 2.27. The van der Waals surface area contributed by atoms with Crippen molar-refractivity contribution in [3.63, 3.8) is 0 Å². The number of aryl methyl sites for hydroxylation is 1. The number of hydrogen-bond donors (Lipinski definition) is 1. The van der Waals surface area contributed by atoms with Crippen molar-refractivity contribution in [3.8, 4) is 10.6 Å². The van der Waals surface area contributed by atoms with E-state index in [-0.39, 0.29) is 6.04 Å². The second-order valence-corrected chi connectivity index (χ2v) is 13.8. The number of hydrogen-bond acceptors (Lipinski definition) is 11. The number of likely N-dealkylation sites (N-methyl/N-ethyl adjacent to an activating group) is 1. The molecule has 0 aromatic carbocycles. The summed E-state index contributed by atoms with van der Waals surface area (Å²) in [5.74, 6) is 2.12. The number of piperazine rings is 1. The zero-order valence-corrected chi connectivity index (χ0v) is 24.8. The van der Waals surface area contributed by atoms with Crippen molar-refractivity contribution in [2.45, 2.75) is 38.8 Å². The topological polar surface area (TPSA) is 125 Å². The molecule has 0 aliphatic carbocycles. The van der Waals surface area contributed by atoms with Crippen LogP contribution in [-0.4, -0.2) is 99.4 Å². The molecule has 0 bridgehead atoms. The third kappa shape index (κ3) is 5.66. The molecule has 12 nitrogen and oxygen atoms in total. The van der Waals surface area contributed by atoms with Gasteiger partial charge in [0.1, 0.15) is 16.6 Å². The summed E-state index contributed by atoms with van der Waals surface area (Å²) in [4.78, 5) is 23.5. The number of piperidine rings is 1. The molecule has 40 heavy (non-hydrogen) atoms. The van der Waals surface area contributed by atoms with E-state index in [4.69, 9.17) is 9.97 Å². The van der Waals surface area contributed by atoms with E-state index in [1.807, 2.05) is 42.3 Å². The predicted octanol–water partition coefficient (Wildman–Crippen LogP) is 3.13. The Morgan fingerprint density at radius 3 is 2.58 bits per heavy atom. The Balaban J connectivity index is 1.17. The molecule has 14 heteroatoms. The Bertz CT molecular complexity index is 1630. The summed E-state index contributed by atoms with van der Waals surface area (Å²) in [6, 6.07) is 4.48. The van der Waals surface area contributed by atoms with E-state index in [1.165, 1.54) is 10.6 Å². The average molecular weight is 583 g/mol. The average Bonchev–Trinajstić information content (AvgIpc) is 3.57. The van der Waals surface area contributed by atoms with Crippen LogP contribution in [0.5, 0.6) is 0 Å². The molecule has 4 aromatic heterocycles. The maximum absolute atomic E-state index is 11.8. The van der Waals surface area contributed by atoms with Gasteiger partial charge < -0.3 is 15.1 Å². The predicted molar refractivity (Wildman–Crippen MR) is 158 cm³/mol. The van der Waals surface area contributed by atoms with Gasteiger partial charge in [0.15, 0.2) is 0 Å². The lowest BCUT2D eigenvalue weighted by atomic mass is 10.1. The first-order chi connectivity index (χ1) is 19.1. The minimum atomic E-state index is -3.15. The molecule has 2 saturated heterocycles. The van der Waals surface area contributed by atoms with Gasteiger partial charge in [-0.05, 0) is 33.7 Å². The van der Waals surface area contributed by atoms with Gasteiger partial charge in [-0.15, -0.1) is 11.3 Å². The minimum Gasteiger partial charge on any atom is -0.338 e. The van der Waals surface area contributed by atoms with Crippen LogP contribution >= 0.6 is 11.3 Å². The van der Waals surface area contributed by atoms with Gasteiger partial charge >= 0.3 is 0 Å². The number of thiazole rings is 1. The fourth-order valence-electron chi connectivity index (χ4n) is 5.23. The molecule has 2 fully saturated rings. The normalized spacial score (nSPS) is 19.9. The van der Waals surface area contributed by atoms with Gasteiger partial charge in [-0.2, -0.15) is 10.1 Å². The molecule has 212 valence electrons. The van der Waals surface area contributed by atoms with Crippen LogP contribution in [0, 0.1) is 6.92 Å². The summed E-state index contributed by atoms with van der Waals surface area (Å²) in [5.41, 5.74) is 2.69. The fourth-order valence-corrected chi connectivity index (χ4v) is 7.00. The number of nitrogens with zero attached hydrogens (tertiary/aromatic N) is 9. The Hall–Kier alpha value is -3.20. The highest BCUT2D eigenvalue weighted by Crippen LogP contribution is 2.32. The van der Waals surface area contributed by atoms with Crippen LogP contribution in [0.3, 0.4) is 0 Å².